The van der Waals surface area contributed by atoms with Crippen molar-refractivity contribution >= 4 is 27.6 Å². The molecule has 20 heavy (non-hydrogen) atoms. The first kappa shape index (κ1) is 17.3. The Hall–Kier alpha value is -0.730. The molecule has 1 saturated carbocycles. The van der Waals surface area contributed by atoms with Crippen LogP contribution in [0.2, 0.25) is 0 Å². The van der Waals surface area contributed by atoms with Gasteiger partial charge in [0.25, 0.3) is 5.91 Å². The molecule has 0 spiro atoms. The molecule has 0 aromatic rings. The molecule has 1 amide bonds. The molecule has 0 bridgehead atoms. The molecular weight excluding hydrogens is 353 g/mol. The summed E-state index contributed by atoms with van der Waals surface area (Å²) in [5.41, 5.74) is -1.04. The summed E-state index contributed by atoms with van der Waals surface area (Å²) in [6, 6.07) is 0. The number of hydrogen-bond donors (Lipinski definition) is 1. The largest absolute Gasteiger partial charge is 0.463 e. The van der Waals surface area contributed by atoms with Crippen LogP contribution in [0.3, 0.4) is 0 Å². The first-order valence-electron chi connectivity index (χ1n) is 5.89. The number of carbonyl (C=O) groups is 2. The van der Waals surface area contributed by atoms with E-state index < -0.39 is 30.0 Å². The van der Waals surface area contributed by atoms with E-state index in [2.05, 4.69) is 15.9 Å². The van der Waals surface area contributed by atoms with E-state index in [1.165, 1.54) is 0 Å². The Labute approximate surface area is 120 Å². The lowest BCUT2D eigenvalue weighted by molar-refractivity contribution is -0.269. The summed E-state index contributed by atoms with van der Waals surface area (Å²) in [6.45, 7) is -0.498. The van der Waals surface area contributed by atoms with Crippen molar-refractivity contribution in [2.24, 2.45) is 5.41 Å². The highest BCUT2D eigenvalue weighted by atomic mass is 79.9. The van der Waals surface area contributed by atoms with E-state index in [0.717, 1.165) is 0 Å². The van der Waals surface area contributed by atoms with Gasteiger partial charge in [0, 0.05) is 12.0 Å². The molecule has 0 radical (unpaired) electrons. The van der Waals surface area contributed by atoms with E-state index in [0.29, 0.717) is 25.7 Å². The topological polar surface area (TPSA) is 46.2 Å². The standard InChI is InChI=1S/C11H13BrF5NO2/c12-5-7(19)9(3-1-2-4-9)6-18-8(20)10(13,14)11(15,16)17/h1-6H2,(H,18,20). The maximum atomic E-state index is 12.8. The Morgan fingerprint density at radius 2 is 1.60 bits per heavy atom. The first-order valence-corrected chi connectivity index (χ1v) is 7.01. The minimum absolute atomic E-state index is 0.0292. The van der Waals surface area contributed by atoms with Crippen LogP contribution in [0, 0.1) is 5.41 Å². The molecule has 1 rings (SSSR count). The molecule has 0 unspecified atom stereocenters. The van der Waals surface area contributed by atoms with Crippen LogP contribution >= 0.6 is 15.9 Å². The fraction of sp³-hybridized carbons (Fsp3) is 0.818. The smallest absolute Gasteiger partial charge is 0.350 e. The molecular formula is C11H13BrF5NO2. The number of rotatable bonds is 5. The summed E-state index contributed by atoms with van der Waals surface area (Å²) < 4.78 is 61.6. The van der Waals surface area contributed by atoms with Crippen molar-refractivity contribution in [3.63, 3.8) is 0 Å². The van der Waals surface area contributed by atoms with Crippen molar-refractivity contribution in [3.05, 3.63) is 0 Å². The highest BCUT2D eigenvalue weighted by Gasteiger charge is 2.63. The minimum atomic E-state index is -5.95. The second-order valence-corrected chi connectivity index (χ2v) is 5.36. The summed E-state index contributed by atoms with van der Waals surface area (Å²) in [5.74, 6) is -8.17. The van der Waals surface area contributed by atoms with Crippen molar-refractivity contribution in [1.29, 1.82) is 0 Å². The van der Waals surface area contributed by atoms with Crippen molar-refractivity contribution < 1.29 is 31.5 Å². The summed E-state index contributed by atoms with van der Waals surface area (Å²) in [4.78, 5) is 22.8. The number of halogens is 6. The number of hydrogen-bond acceptors (Lipinski definition) is 2. The summed E-state index contributed by atoms with van der Waals surface area (Å²) in [6.07, 6.45) is -3.86. The zero-order valence-electron chi connectivity index (χ0n) is 10.3. The predicted octanol–water partition coefficient (Wildman–Crippen LogP) is 2.82. The van der Waals surface area contributed by atoms with Crippen molar-refractivity contribution in [3.8, 4) is 0 Å². The van der Waals surface area contributed by atoms with E-state index in [1.54, 1.807) is 5.32 Å². The molecule has 1 aliphatic rings. The molecule has 0 saturated heterocycles. The third-order valence-corrected chi connectivity index (χ3v) is 4.01. The normalized spacial score (nSPS) is 18.9. The predicted molar refractivity (Wildman–Crippen MR) is 63.7 cm³/mol. The van der Waals surface area contributed by atoms with Gasteiger partial charge in [-0.1, -0.05) is 28.8 Å². The Bertz CT molecular complexity index is 391. The SMILES string of the molecule is O=C(CBr)C1(CNC(=O)C(F)(F)C(F)(F)F)CCCC1. The summed E-state index contributed by atoms with van der Waals surface area (Å²) in [5, 5.41) is 1.55. The lowest BCUT2D eigenvalue weighted by atomic mass is 9.82. The molecule has 0 aromatic carbocycles. The second kappa shape index (κ2) is 5.95. The van der Waals surface area contributed by atoms with Crippen LogP contribution in [0.4, 0.5) is 22.0 Å². The van der Waals surface area contributed by atoms with Gasteiger partial charge in [0.15, 0.2) is 5.78 Å². The second-order valence-electron chi connectivity index (χ2n) is 4.80. The average molecular weight is 366 g/mol. The van der Waals surface area contributed by atoms with Gasteiger partial charge in [0.1, 0.15) is 0 Å². The minimum Gasteiger partial charge on any atom is -0.350 e. The Kier molecular flexibility index (Phi) is 5.15. The molecule has 0 aliphatic heterocycles. The molecule has 116 valence electrons. The maximum absolute atomic E-state index is 12.8. The van der Waals surface area contributed by atoms with Crippen molar-refractivity contribution in [2.75, 3.05) is 11.9 Å². The molecule has 0 aromatic heterocycles. The monoisotopic (exact) mass is 365 g/mol. The van der Waals surface area contributed by atoms with E-state index in [1.807, 2.05) is 0 Å². The Morgan fingerprint density at radius 3 is 2.00 bits per heavy atom. The lowest BCUT2D eigenvalue weighted by Gasteiger charge is -2.28. The van der Waals surface area contributed by atoms with Crippen LogP contribution in [0.5, 0.6) is 0 Å². The number of Topliss-reactive ketones (excluding diaryl/α,β-unsaturated/α-hetero) is 1. The number of nitrogens with one attached hydrogen (secondary N) is 1. The van der Waals surface area contributed by atoms with Crippen LogP contribution in [0.1, 0.15) is 25.7 Å². The summed E-state index contributed by atoms with van der Waals surface area (Å²) in [7, 11) is 0. The molecule has 9 heteroatoms. The fourth-order valence-electron chi connectivity index (χ4n) is 2.24. The molecule has 3 nitrogen and oxygen atoms in total. The van der Waals surface area contributed by atoms with Crippen LogP contribution in [-0.4, -0.2) is 35.7 Å². The molecule has 1 fully saturated rings. The number of ketones is 1. The highest BCUT2D eigenvalue weighted by molar-refractivity contribution is 9.09. The zero-order valence-corrected chi connectivity index (χ0v) is 11.9. The Morgan fingerprint density at radius 1 is 1.10 bits per heavy atom. The van der Waals surface area contributed by atoms with E-state index in [4.69, 9.17) is 0 Å². The van der Waals surface area contributed by atoms with E-state index in [-0.39, 0.29) is 11.1 Å². The van der Waals surface area contributed by atoms with Gasteiger partial charge in [-0.2, -0.15) is 22.0 Å². The van der Waals surface area contributed by atoms with Crippen LogP contribution in [0.25, 0.3) is 0 Å². The van der Waals surface area contributed by atoms with Gasteiger partial charge >= 0.3 is 12.1 Å². The fourth-order valence-corrected chi connectivity index (χ4v) is 2.83. The van der Waals surface area contributed by atoms with Gasteiger partial charge < -0.3 is 5.32 Å². The van der Waals surface area contributed by atoms with Gasteiger partial charge in [-0.15, -0.1) is 0 Å². The van der Waals surface area contributed by atoms with Gasteiger partial charge in [0.05, 0.1) is 5.33 Å². The van der Waals surface area contributed by atoms with E-state index in [9.17, 15) is 31.5 Å². The van der Waals surface area contributed by atoms with Crippen molar-refractivity contribution in [1.82, 2.24) is 5.32 Å². The first-order chi connectivity index (χ1) is 9.07. The molecule has 0 atom stereocenters. The van der Waals surface area contributed by atoms with E-state index >= 15 is 0 Å². The number of alkyl halides is 6. The number of amides is 1. The Balaban J connectivity index is 2.75. The third-order valence-electron chi connectivity index (χ3n) is 3.50. The third kappa shape index (κ3) is 3.29. The average Bonchev–Trinajstić information content (AvgIpc) is 2.83. The zero-order chi connectivity index (χ0) is 15.6. The molecule has 1 N–H and O–H groups in total. The van der Waals surface area contributed by atoms with Gasteiger partial charge in [-0.25, -0.2) is 0 Å². The quantitative estimate of drug-likeness (QED) is 0.601. The van der Waals surface area contributed by atoms with Crippen LogP contribution in [0.15, 0.2) is 0 Å². The van der Waals surface area contributed by atoms with Gasteiger partial charge in [0.2, 0.25) is 0 Å². The van der Waals surface area contributed by atoms with Gasteiger partial charge in [-0.3, -0.25) is 9.59 Å². The maximum Gasteiger partial charge on any atom is 0.463 e. The van der Waals surface area contributed by atoms with Crippen molar-refractivity contribution in [2.45, 2.75) is 37.8 Å². The lowest BCUT2D eigenvalue weighted by Crippen LogP contribution is -2.53. The molecule has 1 aliphatic carbocycles. The summed E-state index contributed by atoms with van der Waals surface area (Å²) >= 11 is 2.95. The van der Waals surface area contributed by atoms with Gasteiger partial charge in [-0.05, 0) is 12.8 Å². The molecule has 0 heterocycles. The number of carbonyl (C=O) groups excluding carboxylic acids is 2. The highest BCUT2D eigenvalue weighted by Crippen LogP contribution is 2.40. The van der Waals surface area contributed by atoms with Crippen LogP contribution < -0.4 is 5.32 Å². The van der Waals surface area contributed by atoms with Crippen LogP contribution in [-0.2, 0) is 9.59 Å².